The van der Waals surface area contributed by atoms with E-state index in [9.17, 15) is 0 Å². The summed E-state index contributed by atoms with van der Waals surface area (Å²) in [6.45, 7) is 9.30. The van der Waals surface area contributed by atoms with Crippen LogP contribution in [0, 0.1) is 0 Å². The van der Waals surface area contributed by atoms with Crippen LogP contribution >= 0.6 is 0 Å². The largest absolute Gasteiger partial charge is 0.313 e. The van der Waals surface area contributed by atoms with E-state index >= 15 is 0 Å². The van der Waals surface area contributed by atoms with Gasteiger partial charge in [-0.15, -0.1) is 13.2 Å². The Kier molecular flexibility index (Phi) is 7.97. The highest BCUT2D eigenvalue weighted by Gasteiger charge is 1.83. The summed E-state index contributed by atoms with van der Waals surface area (Å²) < 4.78 is 0. The fourth-order valence-corrected chi connectivity index (χ4v) is 0.743. The minimum absolute atomic E-state index is 0.925. The van der Waals surface area contributed by atoms with Gasteiger partial charge in [0.15, 0.2) is 0 Å². The van der Waals surface area contributed by atoms with E-state index in [1.807, 2.05) is 12.2 Å². The highest BCUT2D eigenvalue weighted by Crippen LogP contribution is 1.92. The summed E-state index contributed by atoms with van der Waals surface area (Å²) in [6, 6.07) is 0. The van der Waals surface area contributed by atoms with Gasteiger partial charge in [-0.1, -0.05) is 12.2 Å². The van der Waals surface area contributed by atoms with Crippen molar-refractivity contribution in [2.24, 2.45) is 0 Å². The summed E-state index contributed by atoms with van der Waals surface area (Å²) in [7, 11) is 0. The molecule has 10 heavy (non-hydrogen) atoms. The van der Waals surface area contributed by atoms with Gasteiger partial charge < -0.3 is 5.32 Å². The molecule has 0 fully saturated rings. The Morgan fingerprint density at radius 1 is 1.10 bits per heavy atom. The standard InChI is InChI=1S/C9H17N/c1-3-5-6-7-9-10-8-4-2/h3-4,10H,1-2,5-9H2. The lowest BCUT2D eigenvalue weighted by molar-refractivity contribution is 0.661. The molecule has 0 spiro atoms. The molecule has 1 heteroatoms. The molecule has 0 aromatic rings. The van der Waals surface area contributed by atoms with E-state index in [1.165, 1.54) is 12.8 Å². The SMILES string of the molecule is C=CCCCCNCC=C. The third kappa shape index (κ3) is 7.44. The van der Waals surface area contributed by atoms with Crippen molar-refractivity contribution in [2.45, 2.75) is 19.3 Å². The van der Waals surface area contributed by atoms with Crippen LogP contribution in [0.4, 0.5) is 0 Å². The van der Waals surface area contributed by atoms with Gasteiger partial charge in [0, 0.05) is 6.54 Å². The number of allylic oxidation sites excluding steroid dienone is 1. The van der Waals surface area contributed by atoms with E-state index < -0.39 is 0 Å². The first kappa shape index (κ1) is 9.44. The monoisotopic (exact) mass is 139 g/mol. The first-order chi connectivity index (χ1) is 4.91. The predicted octanol–water partition coefficient (Wildman–Crippen LogP) is 2.12. The molecule has 0 unspecified atom stereocenters. The fraction of sp³-hybridized carbons (Fsp3) is 0.556. The van der Waals surface area contributed by atoms with Crippen LogP contribution in [0.2, 0.25) is 0 Å². The Morgan fingerprint density at radius 2 is 1.90 bits per heavy atom. The van der Waals surface area contributed by atoms with Crippen LogP contribution in [0.1, 0.15) is 19.3 Å². The van der Waals surface area contributed by atoms with E-state index in [-0.39, 0.29) is 0 Å². The van der Waals surface area contributed by atoms with Gasteiger partial charge in [0.25, 0.3) is 0 Å². The highest BCUT2D eigenvalue weighted by molar-refractivity contribution is 4.70. The zero-order chi connectivity index (χ0) is 7.66. The van der Waals surface area contributed by atoms with Crippen LogP contribution < -0.4 is 5.32 Å². The van der Waals surface area contributed by atoms with Crippen LogP contribution in [-0.2, 0) is 0 Å². The van der Waals surface area contributed by atoms with E-state index in [4.69, 9.17) is 0 Å². The molecule has 58 valence electrons. The third-order valence-corrected chi connectivity index (χ3v) is 1.30. The molecule has 0 rings (SSSR count). The zero-order valence-electron chi connectivity index (χ0n) is 6.60. The summed E-state index contributed by atoms with van der Waals surface area (Å²) in [6.07, 6.45) is 7.46. The maximum atomic E-state index is 3.66. The maximum absolute atomic E-state index is 3.66. The first-order valence-electron chi connectivity index (χ1n) is 3.84. The first-order valence-corrected chi connectivity index (χ1v) is 3.84. The Morgan fingerprint density at radius 3 is 2.50 bits per heavy atom. The summed E-state index contributed by atoms with van der Waals surface area (Å²) in [5, 5.41) is 3.24. The second-order valence-corrected chi connectivity index (χ2v) is 2.28. The summed E-state index contributed by atoms with van der Waals surface area (Å²) >= 11 is 0. The van der Waals surface area contributed by atoms with Gasteiger partial charge in [-0.25, -0.2) is 0 Å². The van der Waals surface area contributed by atoms with Gasteiger partial charge >= 0.3 is 0 Å². The van der Waals surface area contributed by atoms with Gasteiger partial charge in [0.1, 0.15) is 0 Å². The Bertz CT molecular complexity index is 74.7. The zero-order valence-corrected chi connectivity index (χ0v) is 6.60. The molecule has 1 N–H and O–H groups in total. The van der Waals surface area contributed by atoms with Crippen LogP contribution in [0.3, 0.4) is 0 Å². The van der Waals surface area contributed by atoms with E-state index in [1.54, 1.807) is 0 Å². The maximum Gasteiger partial charge on any atom is 0.0132 e. The highest BCUT2D eigenvalue weighted by atomic mass is 14.8. The average Bonchev–Trinajstić information content (AvgIpc) is 1.97. The molecule has 0 saturated heterocycles. The molecule has 0 aromatic carbocycles. The predicted molar refractivity (Wildman–Crippen MR) is 47.1 cm³/mol. The van der Waals surface area contributed by atoms with Crippen molar-refractivity contribution in [3.63, 3.8) is 0 Å². The van der Waals surface area contributed by atoms with Crippen molar-refractivity contribution in [1.82, 2.24) is 5.32 Å². The molecule has 0 atom stereocenters. The number of hydrogen-bond acceptors (Lipinski definition) is 1. The molecule has 0 aliphatic rings. The van der Waals surface area contributed by atoms with Crippen molar-refractivity contribution >= 4 is 0 Å². The second-order valence-electron chi connectivity index (χ2n) is 2.28. The molecule has 0 bridgehead atoms. The topological polar surface area (TPSA) is 12.0 Å². The quantitative estimate of drug-likeness (QED) is 0.421. The molecule has 0 heterocycles. The number of hydrogen-bond donors (Lipinski definition) is 1. The molecular formula is C9H17N. The van der Waals surface area contributed by atoms with Crippen LogP contribution in [0.15, 0.2) is 25.3 Å². The fourth-order valence-electron chi connectivity index (χ4n) is 0.743. The van der Waals surface area contributed by atoms with Crippen molar-refractivity contribution in [1.29, 1.82) is 0 Å². The van der Waals surface area contributed by atoms with Gasteiger partial charge in [-0.05, 0) is 25.8 Å². The molecular weight excluding hydrogens is 122 g/mol. The molecule has 0 aromatic heterocycles. The minimum Gasteiger partial charge on any atom is -0.313 e. The molecule has 0 aliphatic carbocycles. The minimum atomic E-state index is 0.925. The normalized spacial score (nSPS) is 9.20. The Hall–Kier alpha value is -0.560. The second kappa shape index (κ2) is 8.44. The average molecular weight is 139 g/mol. The number of rotatable bonds is 7. The van der Waals surface area contributed by atoms with Crippen molar-refractivity contribution in [3.05, 3.63) is 25.3 Å². The van der Waals surface area contributed by atoms with Crippen LogP contribution in [0.25, 0.3) is 0 Å². The molecule has 0 radical (unpaired) electrons. The van der Waals surface area contributed by atoms with Crippen molar-refractivity contribution in [3.8, 4) is 0 Å². The lowest BCUT2D eigenvalue weighted by atomic mass is 10.2. The van der Waals surface area contributed by atoms with E-state index in [0.29, 0.717) is 0 Å². The Balaban J connectivity index is 2.76. The van der Waals surface area contributed by atoms with Crippen molar-refractivity contribution in [2.75, 3.05) is 13.1 Å². The summed E-state index contributed by atoms with van der Waals surface area (Å²) in [4.78, 5) is 0. The smallest absolute Gasteiger partial charge is 0.0132 e. The van der Waals surface area contributed by atoms with Gasteiger partial charge in [0.2, 0.25) is 0 Å². The summed E-state index contributed by atoms with van der Waals surface area (Å²) in [5.41, 5.74) is 0. The number of unbranched alkanes of at least 4 members (excludes halogenated alkanes) is 2. The number of nitrogens with one attached hydrogen (secondary N) is 1. The van der Waals surface area contributed by atoms with Crippen LogP contribution in [-0.4, -0.2) is 13.1 Å². The van der Waals surface area contributed by atoms with Crippen molar-refractivity contribution < 1.29 is 0 Å². The Labute approximate surface area is 63.8 Å². The van der Waals surface area contributed by atoms with Crippen LogP contribution in [0.5, 0.6) is 0 Å². The molecule has 0 aliphatic heterocycles. The van der Waals surface area contributed by atoms with Gasteiger partial charge in [-0.2, -0.15) is 0 Å². The molecule has 1 nitrogen and oxygen atoms in total. The summed E-state index contributed by atoms with van der Waals surface area (Å²) in [5.74, 6) is 0. The van der Waals surface area contributed by atoms with E-state index in [2.05, 4.69) is 18.5 Å². The molecule has 0 amide bonds. The lowest BCUT2D eigenvalue weighted by Crippen LogP contribution is -2.14. The van der Waals surface area contributed by atoms with Gasteiger partial charge in [-0.3, -0.25) is 0 Å². The van der Waals surface area contributed by atoms with E-state index in [0.717, 1.165) is 19.5 Å². The third-order valence-electron chi connectivity index (χ3n) is 1.30. The van der Waals surface area contributed by atoms with Gasteiger partial charge in [0.05, 0.1) is 0 Å². The lowest BCUT2D eigenvalue weighted by Gasteiger charge is -1.98. The molecule has 0 saturated carbocycles.